The standard InChI is InChI=1S/C12H14BrNO3S.Li/c1-7(6-18-2)14-11(15)10-8(12(16)17)4-3-5-9(10)13;/h3-5,7H,6H2,1-2H3,(H,14,15)(H,16,17);/p-1/t7-;/m0./s1. The smallest absolute Gasteiger partial charge is 0.253 e. The minimum absolute atomic E-state index is 0. The van der Waals surface area contributed by atoms with Gasteiger partial charge < -0.3 is 15.2 Å². The van der Waals surface area contributed by atoms with E-state index in [9.17, 15) is 14.7 Å². The first-order valence-electron chi connectivity index (χ1n) is 5.27. The van der Waals surface area contributed by atoms with E-state index in [0.717, 1.165) is 5.75 Å². The molecule has 0 aromatic heterocycles. The second kappa shape index (κ2) is 8.70. The molecule has 99 valence electrons. The van der Waals surface area contributed by atoms with Gasteiger partial charge in [0.15, 0.2) is 0 Å². The molecule has 7 heteroatoms. The number of hydrogen-bond acceptors (Lipinski definition) is 4. The first-order chi connectivity index (χ1) is 8.47. The predicted octanol–water partition coefficient (Wildman–Crippen LogP) is 0.913. The summed E-state index contributed by atoms with van der Waals surface area (Å²) in [5, 5.41) is 13.7. The Morgan fingerprint density at radius 1 is 1.47 bits per heavy atom. The molecule has 0 aliphatic heterocycles. The number of rotatable bonds is 5. The molecule has 4 nitrogen and oxygen atoms in total. The monoisotopic (exact) mass is 337 g/mol. The predicted molar refractivity (Wildman–Crippen MR) is 79.5 cm³/mol. The number of carbonyl (C=O) groups excluding carboxylic acids is 2. The van der Waals surface area contributed by atoms with E-state index >= 15 is 0 Å². The molecule has 1 N–H and O–H groups in total. The zero-order chi connectivity index (χ0) is 13.7. The number of halogens is 1. The van der Waals surface area contributed by atoms with Crippen LogP contribution in [-0.4, -0.2) is 48.8 Å². The molecule has 0 unspecified atom stereocenters. The molecular formula is C12H13BrLiNO3S-. The zero-order valence-corrected chi connectivity index (χ0v) is 13.4. The molecule has 0 saturated carbocycles. The number of carbonyl (C=O) groups is 2. The summed E-state index contributed by atoms with van der Waals surface area (Å²) >= 11 is 4.79. The molecule has 1 aromatic rings. The Morgan fingerprint density at radius 2 is 2.11 bits per heavy atom. The van der Waals surface area contributed by atoms with Gasteiger partial charge in [0.1, 0.15) is 0 Å². The Morgan fingerprint density at radius 3 is 2.63 bits per heavy atom. The Bertz CT molecular complexity index is 470. The van der Waals surface area contributed by atoms with Crippen molar-refractivity contribution in [2.45, 2.75) is 13.0 Å². The fourth-order valence-corrected chi connectivity index (χ4v) is 2.64. The van der Waals surface area contributed by atoms with E-state index in [1.165, 1.54) is 6.07 Å². The van der Waals surface area contributed by atoms with Crippen molar-refractivity contribution in [3.05, 3.63) is 33.8 Å². The van der Waals surface area contributed by atoms with Crippen LogP contribution in [0.5, 0.6) is 0 Å². The van der Waals surface area contributed by atoms with Crippen molar-refractivity contribution in [2.24, 2.45) is 0 Å². The minimum Gasteiger partial charge on any atom is -0.545 e. The van der Waals surface area contributed by atoms with Crippen LogP contribution in [0.2, 0.25) is 0 Å². The van der Waals surface area contributed by atoms with Crippen LogP contribution in [0.4, 0.5) is 0 Å². The van der Waals surface area contributed by atoms with Crippen LogP contribution in [0.25, 0.3) is 0 Å². The van der Waals surface area contributed by atoms with Gasteiger partial charge in [0.2, 0.25) is 0 Å². The molecule has 1 amide bonds. The number of carboxylic acids is 1. The Kier molecular flexibility index (Phi) is 8.51. The maximum atomic E-state index is 12.0. The van der Waals surface area contributed by atoms with Crippen molar-refractivity contribution in [1.29, 1.82) is 0 Å². The topological polar surface area (TPSA) is 69.2 Å². The summed E-state index contributed by atoms with van der Waals surface area (Å²) in [4.78, 5) is 23.0. The number of thioether (sulfide) groups is 1. The number of hydrogen-bond donors (Lipinski definition) is 1. The van der Waals surface area contributed by atoms with Gasteiger partial charge in [-0.15, -0.1) is 0 Å². The van der Waals surface area contributed by atoms with Crippen molar-refractivity contribution >= 4 is 58.4 Å². The van der Waals surface area contributed by atoms with Crippen LogP contribution in [0.3, 0.4) is 0 Å². The maximum absolute atomic E-state index is 12.0. The fraction of sp³-hybridized carbons (Fsp3) is 0.333. The first-order valence-corrected chi connectivity index (χ1v) is 7.45. The number of amides is 1. The Balaban J connectivity index is 0.00000324. The second-order valence-electron chi connectivity index (χ2n) is 3.78. The van der Waals surface area contributed by atoms with Crippen LogP contribution < -0.4 is 10.4 Å². The Hall–Kier alpha value is -0.413. The number of aromatic carboxylic acids is 1. The molecule has 1 radical (unpaired) electrons. The van der Waals surface area contributed by atoms with Crippen molar-refractivity contribution in [1.82, 2.24) is 5.32 Å². The third-order valence-electron chi connectivity index (χ3n) is 2.25. The van der Waals surface area contributed by atoms with Gasteiger partial charge in [-0.05, 0) is 35.2 Å². The largest absolute Gasteiger partial charge is 0.545 e. The van der Waals surface area contributed by atoms with Gasteiger partial charge in [0.05, 0.1) is 11.5 Å². The molecule has 0 spiro atoms. The SMILES string of the molecule is CSC[C@H](C)NC(=O)c1c(Br)cccc1C(=O)[O-].[Li]. The summed E-state index contributed by atoms with van der Waals surface area (Å²) in [5.74, 6) is -1.01. The van der Waals surface area contributed by atoms with E-state index in [1.807, 2.05) is 13.2 Å². The molecule has 1 atom stereocenters. The van der Waals surface area contributed by atoms with Crippen molar-refractivity contribution in [3.8, 4) is 0 Å². The van der Waals surface area contributed by atoms with E-state index in [1.54, 1.807) is 23.9 Å². The van der Waals surface area contributed by atoms with Crippen molar-refractivity contribution in [3.63, 3.8) is 0 Å². The van der Waals surface area contributed by atoms with Gasteiger partial charge in [-0.3, -0.25) is 4.79 Å². The molecule has 0 saturated heterocycles. The van der Waals surface area contributed by atoms with E-state index in [2.05, 4.69) is 21.2 Å². The summed E-state index contributed by atoms with van der Waals surface area (Å²) < 4.78 is 0.443. The minimum atomic E-state index is -1.36. The third-order valence-corrected chi connectivity index (χ3v) is 3.75. The number of benzene rings is 1. The summed E-state index contributed by atoms with van der Waals surface area (Å²) in [6.45, 7) is 1.87. The fourth-order valence-electron chi connectivity index (χ4n) is 1.51. The van der Waals surface area contributed by atoms with Gasteiger partial charge in [-0.25, -0.2) is 0 Å². The van der Waals surface area contributed by atoms with Gasteiger partial charge in [0, 0.05) is 40.7 Å². The summed E-state index contributed by atoms with van der Waals surface area (Å²) in [6.07, 6.45) is 1.94. The van der Waals surface area contributed by atoms with Gasteiger partial charge in [-0.1, -0.05) is 12.1 Å². The molecule has 0 heterocycles. The zero-order valence-electron chi connectivity index (χ0n) is 11.0. The first kappa shape index (κ1) is 18.6. The van der Waals surface area contributed by atoms with Gasteiger partial charge >= 0.3 is 0 Å². The molecule has 19 heavy (non-hydrogen) atoms. The van der Waals surface area contributed by atoms with E-state index in [0.29, 0.717) is 4.47 Å². The van der Waals surface area contributed by atoms with Crippen LogP contribution >= 0.6 is 27.7 Å². The normalized spacial score (nSPS) is 11.3. The van der Waals surface area contributed by atoms with E-state index in [-0.39, 0.29) is 36.0 Å². The van der Waals surface area contributed by atoms with E-state index in [4.69, 9.17) is 0 Å². The van der Waals surface area contributed by atoms with Crippen LogP contribution in [0.1, 0.15) is 27.6 Å². The molecule has 0 aliphatic rings. The summed E-state index contributed by atoms with van der Waals surface area (Å²) in [5.41, 5.74) is -0.0105. The van der Waals surface area contributed by atoms with Gasteiger partial charge in [0.25, 0.3) is 5.91 Å². The van der Waals surface area contributed by atoms with E-state index < -0.39 is 11.9 Å². The number of carboxylic acid groups (broad SMARTS) is 1. The van der Waals surface area contributed by atoms with Crippen molar-refractivity contribution in [2.75, 3.05) is 12.0 Å². The average Bonchev–Trinajstić information content (AvgIpc) is 2.28. The quantitative estimate of drug-likeness (QED) is 0.811. The van der Waals surface area contributed by atoms with Crippen LogP contribution in [-0.2, 0) is 0 Å². The number of nitrogens with one attached hydrogen (secondary N) is 1. The molecule has 1 rings (SSSR count). The van der Waals surface area contributed by atoms with Gasteiger partial charge in [-0.2, -0.15) is 11.8 Å². The molecule has 0 bridgehead atoms. The molecular weight excluding hydrogens is 325 g/mol. The average molecular weight is 338 g/mol. The Labute approximate surface area is 137 Å². The molecule has 0 fully saturated rings. The maximum Gasteiger partial charge on any atom is 0.253 e. The summed E-state index contributed by atoms with van der Waals surface area (Å²) in [6, 6.07) is 4.50. The van der Waals surface area contributed by atoms with Crippen LogP contribution in [0.15, 0.2) is 22.7 Å². The second-order valence-corrected chi connectivity index (χ2v) is 5.54. The van der Waals surface area contributed by atoms with Crippen molar-refractivity contribution < 1.29 is 14.7 Å². The summed E-state index contributed by atoms with van der Waals surface area (Å²) in [7, 11) is 0. The molecule has 1 aromatic carbocycles. The molecule has 0 aliphatic carbocycles. The third kappa shape index (κ3) is 5.23. The van der Waals surface area contributed by atoms with Crippen LogP contribution in [0, 0.1) is 0 Å².